The molecule has 2 fully saturated rings. The summed E-state index contributed by atoms with van der Waals surface area (Å²) < 4.78 is 11.2. The molecule has 0 spiro atoms. The molecular formula is C13H20ClN5O2. The number of hydrogen-bond acceptors (Lipinski definition) is 7. The minimum absolute atomic E-state index is 0.150. The summed E-state index contributed by atoms with van der Waals surface area (Å²) in [6.45, 7) is 4.92. The van der Waals surface area contributed by atoms with Crippen LogP contribution in [0.4, 0.5) is 5.95 Å². The largest absolute Gasteiger partial charge is 0.460 e. The lowest BCUT2D eigenvalue weighted by Crippen LogP contribution is -2.38. The predicted octanol–water partition coefficient (Wildman–Crippen LogP) is 0.835. The third-order valence-electron chi connectivity index (χ3n) is 3.81. The highest BCUT2D eigenvalue weighted by Gasteiger charge is 2.21. The van der Waals surface area contributed by atoms with Gasteiger partial charge in [-0.1, -0.05) is 0 Å². The van der Waals surface area contributed by atoms with E-state index >= 15 is 0 Å². The Morgan fingerprint density at radius 3 is 2.52 bits per heavy atom. The van der Waals surface area contributed by atoms with Crippen LogP contribution >= 0.6 is 11.6 Å². The number of rotatable bonds is 3. The van der Waals surface area contributed by atoms with Gasteiger partial charge in [-0.05, 0) is 31.5 Å². The minimum Gasteiger partial charge on any atom is -0.460 e. The van der Waals surface area contributed by atoms with Crippen molar-refractivity contribution in [2.75, 3.05) is 51.3 Å². The Hall–Kier alpha value is -1.18. The first kappa shape index (κ1) is 14.7. The molecule has 116 valence electrons. The molecular weight excluding hydrogens is 294 g/mol. The van der Waals surface area contributed by atoms with Gasteiger partial charge in [-0.25, -0.2) is 0 Å². The summed E-state index contributed by atoms with van der Waals surface area (Å²) in [5.41, 5.74) is 0. The maximum absolute atomic E-state index is 6.00. The van der Waals surface area contributed by atoms with Crippen LogP contribution in [0.2, 0.25) is 5.28 Å². The fraction of sp³-hybridized carbons (Fsp3) is 0.769. The standard InChI is InChI=1S/C13H20ClN5O2/c1-18-4-2-10(3-5-18)21-13-16-11(14)15-12(17-13)19-6-8-20-9-7-19/h10H,2-9H2,1H3. The van der Waals surface area contributed by atoms with Gasteiger partial charge in [0, 0.05) is 26.2 Å². The van der Waals surface area contributed by atoms with Crippen LogP contribution < -0.4 is 9.64 Å². The molecule has 2 saturated heterocycles. The summed E-state index contributed by atoms with van der Waals surface area (Å²) in [5.74, 6) is 0.571. The molecule has 0 aromatic carbocycles. The summed E-state index contributed by atoms with van der Waals surface area (Å²) >= 11 is 6.00. The Morgan fingerprint density at radius 1 is 1.10 bits per heavy atom. The van der Waals surface area contributed by atoms with Crippen LogP contribution in [0.25, 0.3) is 0 Å². The second kappa shape index (κ2) is 6.72. The van der Waals surface area contributed by atoms with Gasteiger partial charge >= 0.3 is 6.01 Å². The van der Waals surface area contributed by atoms with E-state index in [-0.39, 0.29) is 11.4 Å². The number of morpholine rings is 1. The summed E-state index contributed by atoms with van der Waals surface area (Å²) in [6.07, 6.45) is 2.11. The molecule has 3 rings (SSSR count). The zero-order chi connectivity index (χ0) is 14.7. The normalized spacial score (nSPS) is 21.5. The van der Waals surface area contributed by atoms with Gasteiger partial charge in [-0.15, -0.1) is 0 Å². The number of likely N-dealkylation sites (tertiary alicyclic amines) is 1. The lowest BCUT2D eigenvalue weighted by Gasteiger charge is -2.29. The summed E-state index contributed by atoms with van der Waals surface area (Å²) in [6, 6.07) is 0.325. The van der Waals surface area contributed by atoms with Crippen molar-refractivity contribution in [3.05, 3.63) is 5.28 Å². The second-order valence-electron chi connectivity index (χ2n) is 5.41. The molecule has 7 nitrogen and oxygen atoms in total. The monoisotopic (exact) mass is 313 g/mol. The summed E-state index contributed by atoms with van der Waals surface area (Å²) in [7, 11) is 2.12. The second-order valence-corrected chi connectivity index (χ2v) is 5.74. The van der Waals surface area contributed by atoms with E-state index in [1.165, 1.54) is 0 Å². The van der Waals surface area contributed by atoms with E-state index in [1.54, 1.807) is 0 Å². The van der Waals surface area contributed by atoms with Gasteiger partial charge in [0.15, 0.2) is 0 Å². The highest BCUT2D eigenvalue weighted by Crippen LogP contribution is 2.19. The molecule has 0 aliphatic carbocycles. The number of piperidine rings is 1. The van der Waals surface area contributed by atoms with Crippen molar-refractivity contribution < 1.29 is 9.47 Å². The van der Waals surface area contributed by atoms with Gasteiger partial charge in [0.25, 0.3) is 0 Å². The van der Waals surface area contributed by atoms with E-state index in [0.717, 1.165) is 39.0 Å². The first-order chi connectivity index (χ1) is 10.2. The molecule has 0 radical (unpaired) electrons. The number of halogens is 1. The van der Waals surface area contributed by atoms with Crippen LogP contribution in [0.3, 0.4) is 0 Å². The van der Waals surface area contributed by atoms with Gasteiger partial charge in [0.2, 0.25) is 11.2 Å². The Morgan fingerprint density at radius 2 is 1.81 bits per heavy atom. The molecule has 1 aromatic rings. The van der Waals surface area contributed by atoms with Crippen molar-refractivity contribution in [2.45, 2.75) is 18.9 Å². The molecule has 0 N–H and O–H groups in total. The van der Waals surface area contributed by atoms with Gasteiger partial charge in [-0.2, -0.15) is 15.0 Å². The van der Waals surface area contributed by atoms with Crippen LogP contribution in [0.5, 0.6) is 6.01 Å². The third-order valence-corrected chi connectivity index (χ3v) is 3.98. The summed E-state index contributed by atoms with van der Waals surface area (Å²) in [4.78, 5) is 17.0. The first-order valence-electron chi connectivity index (χ1n) is 7.30. The van der Waals surface area contributed by atoms with Crippen LogP contribution in [0.1, 0.15) is 12.8 Å². The molecule has 3 heterocycles. The Kier molecular flexibility index (Phi) is 4.72. The lowest BCUT2D eigenvalue weighted by atomic mass is 10.1. The highest BCUT2D eigenvalue weighted by atomic mass is 35.5. The molecule has 0 unspecified atom stereocenters. The molecule has 2 aliphatic heterocycles. The average molecular weight is 314 g/mol. The van der Waals surface area contributed by atoms with Gasteiger partial charge in [0.05, 0.1) is 13.2 Å². The number of nitrogens with zero attached hydrogens (tertiary/aromatic N) is 5. The number of aromatic nitrogens is 3. The van der Waals surface area contributed by atoms with Crippen molar-refractivity contribution in [3.63, 3.8) is 0 Å². The maximum atomic E-state index is 6.00. The van der Waals surface area contributed by atoms with Crippen molar-refractivity contribution in [1.82, 2.24) is 19.9 Å². The average Bonchev–Trinajstić information content (AvgIpc) is 2.50. The fourth-order valence-electron chi connectivity index (χ4n) is 2.53. The Labute approximate surface area is 129 Å². The van der Waals surface area contributed by atoms with E-state index in [4.69, 9.17) is 21.1 Å². The first-order valence-corrected chi connectivity index (χ1v) is 7.68. The third kappa shape index (κ3) is 3.93. The summed E-state index contributed by atoms with van der Waals surface area (Å²) in [5, 5.41) is 0.175. The van der Waals surface area contributed by atoms with Crippen LogP contribution in [-0.4, -0.2) is 72.4 Å². The molecule has 2 aliphatic rings. The van der Waals surface area contributed by atoms with Gasteiger partial charge < -0.3 is 19.3 Å². The molecule has 0 bridgehead atoms. The van der Waals surface area contributed by atoms with Crippen LogP contribution in [0, 0.1) is 0 Å². The highest BCUT2D eigenvalue weighted by molar-refractivity contribution is 6.28. The lowest BCUT2D eigenvalue weighted by molar-refractivity contribution is 0.104. The smallest absolute Gasteiger partial charge is 0.322 e. The minimum atomic E-state index is 0.150. The molecule has 21 heavy (non-hydrogen) atoms. The maximum Gasteiger partial charge on any atom is 0.322 e. The number of ether oxygens (including phenoxy) is 2. The van der Waals surface area contributed by atoms with Crippen molar-refractivity contribution in [2.24, 2.45) is 0 Å². The quantitative estimate of drug-likeness (QED) is 0.819. The zero-order valence-electron chi connectivity index (χ0n) is 12.2. The zero-order valence-corrected chi connectivity index (χ0v) is 12.9. The van der Waals surface area contributed by atoms with E-state index in [0.29, 0.717) is 25.2 Å². The van der Waals surface area contributed by atoms with E-state index in [9.17, 15) is 0 Å². The van der Waals surface area contributed by atoms with E-state index < -0.39 is 0 Å². The predicted molar refractivity (Wildman–Crippen MR) is 79.0 cm³/mol. The molecule has 0 saturated carbocycles. The van der Waals surface area contributed by atoms with E-state index in [1.807, 2.05) is 4.90 Å². The fourth-order valence-corrected chi connectivity index (χ4v) is 2.68. The van der Waals surface area contributed by atoms with Crippen molar-refractivity contribution in [1.29, 1.82) is 0 Å². The molecule has 1 aromatic heterocycles. The van der Waals surface area contributed by atoms with Crippen molar-refractivity contribution >= 4 is 17.5 Å². The van der Waals surface area contributed by atoms with Crippen LogP contribution in [0.15, 0.2) is 0 Å². The molecule has 8 heteroatoms. The topological polar surface area (TPSA) is 63.6 Å². The Balaban J connectivity index is 1.68. The number of anilines is 1. The molecule has 0 amide bonds. The van der Waals surface area contributed by atoms with Crippen molar-refractivity contribution in [3.8, 4) is 6.01 Å². The van der Waals surface area contributed by atoms with Gasteiger partial charge in [0.1, 0.15) is 6.10 Å². The van der Waals surface area contributed by atoms with E-state index in [2.05, 4.69) is 26.9 Å². The molecule has 0 atom stereocenters. The SMILES string of the molecule is CN1CCC(Oc2nc(Cl)nc(N3CCOCC3)n2)CC1. The van der Waals surface area contributed by atoms with Gasteiger partial charge in [-0.3, -0.25) is 0 Å². The number of hydrogen-bond donors (Lipinski definition) is 0. The Bertz CT molecular complexity index is 476. The van der Waals surface area contributed by atoms with Crippen LogP contribution in [-0.2, 0) is 4.74 Å².